The molecule has 0 spiro atoms. The van der Waals surface area contributed by atoms with E-state index in [0.29, 0.717) is 11.8 Å². The van der Waals surface area contributed by atoms with E-state index in [4.69, 9.17) is 9.47 Å². The lowest BCUT2D eigenvalue weighted by Crippen LogP contribution is -2.08. The van der Waals surface area contributed by atoms with Gasteiger partial charge < -0.3 is 9.47 Å². The van der Waals surface area contributed by atoms with Gasteiger partial charge in [-0.2, -0.15) is 0 Å². The van der Waals surface area contributed by atoms with Gasteiger partial charge in [-0.3, -0.25) is 0 Å². The van der Waals surface area contributed by atoms with Crippen LogP contribution in [0, 0.1) is 5.92 Å². The highest BCUT2D eigenvalue weighted by Gasteiger charge is 2.10. The number of hydrogen-bond acceptors (Lipinski definition) is 2. The smallest absolute Gasteiger partial charge is 0.161 e. The summed E-state index contributed by atoms with van der Waals surface area (Å²) in [6, 6.07) is 6.27. The van der Waals surface area contributed by atoms with Gasteiger partial charge in [-0.1, -0.05) is 40.2 Å². The van der Waals surface area contributed by atoms with Crippen molar-refractivity contribution >= 4 is 0 Å². The molecule has 0 fully saturated rings. The summed E-state index contributed by atoms with van der Waals surface area (Å²) in [5, 5.41) is 0. The van der Waals surface area contributed by atoms with Crippen molar-refractivity contribution in [3.63, 3.8) is 0 Å². The Morgan fingerprint density at radius 3 is 2.33 bits per heavy atom. The highest BCUT2D eigenvalue weighted by Crippen LogP contribution is 2.32. The summed E-state index contributed by atoms with van der Waals surface area (Å²) < 4.78 is 11.2. The molecule has 2 heteroatoms. The Kier molecular flexibility index (Phi) is 6.03. The number of benzene rings is 1. The molecule has 0 aromatic heterocycles. The fourth-order valence-corrected chi connectivity index (χ4v) is 1.70. The normalized spacial score (nSPS) is 14.1. The molecule has 0 aliphatic heterocycles. The molecule has 1 rings (SSSR count). The van der Waals surface area contributed by atoms with E-state index < -0.39 is 0 Å². The van der Waals surface area contributed by atoms with Crippen molar-refractivity contribution < 1.29 is 9.47 Å². The lowest BCUT2D eigenvalue weighted by molar-refractivity contribution is 0.244. The van der Waals surface area contributed by atoms with E-state index in [1.807, 2.05) is 6.07 Å². The molecule has 1 aromatic rings. The van der Waals surface area contributed by atoms with Gasteiger partial charge >= 0.3 is 0 Å². The van der Waals surface area contributed by atoms with Gasteiger partial charge in [-0.25, -0.2) is 0 Å². The highest BCUT2D eigenvalue weighted by atomic mass is 16.5. The molecule has 0 bridgehead atoms. The molecule has 0 amide bonds. The lowest BCUT2D eigenvalue weighted by Gasteiger charge is -2.16. The topological polar surface area (TPSA) is 18.5 Å². The lowest BCUT2D eigenvalue weighted by atomic mass is 9.98. The Morgan fingerprint density at radius 1 is 1.06 bits per heavy atom. The van der Waals surface area contributed by atoms with Gasteiger partial charge in [0, 0.05) is 0 Å². The maximum atomic E-state index is 5.82. The largest absolute Gasteiger partial charge is 0.493 e. The van der Waals surface area contributed by atoms with Gasteiger partial charge in [0.1, 0.15) is 0 Å². The molecule has 2 atom stereocenters. The van der Waals surface area contributed by atoms with Gasteiger partial charge in [-0.05, 0) is 36.0 Å². The van der Waals surface area contributed by atoms with Crippen LogP contribution in [-0.4, -0.2) is 13.7 Å². The summed E-state index contributed by atoms with van der Waals surface area (Å²) in [4.78, 5) is 0. The molecule has 18 heavy (non-hydrogen) atoms. The third kappa shape index (κ3) is 3.94. The molecular formula is C16H26O2. The Morgan fingerprint density at radius 2 is 1.78 bits per heavy atom. The summed E-state index contributed by atoms with van der Waals surface area (Å²) in [5.74, 6) is 2.83. The zero-order valence-corrected chi connectivity index (χ0v) is 12.3. The summed E-state index contributed by atoms with van der Waals surface area (Å²) in [7, 11) is 1.70. The highest BCUT2D eigenvalue weighted by molar-refractivity contribution is 5.43. The van der Waals surface area contributed by atoms with Gasteiger partial charge in [-0.15, -0.1) is 0 Å². The average Bonchev–Trinajstić information content (AvgIpc) is 2.43. The summed E-state index contributed by atoms with van der Waals surface area (Å²) >= 11 is 0. The van der Waals surface area contributed by atoms with Gasteiger partial charge in [0.05, 0.1) is 13.7 Å². The Balaban J connectivity index is 2.80. The van der Waals surface area contributed by atoms with Crippen molar-refractivity contribution in [2.75, 3.05) is 13.7 Å². The van der Waals surface area contributed by atoms with Crippen LogP contribution >= 0.6 is 0 Å². The average molecular weight is 250 g/mol. The van der Waals surface area contributed by atoms with Crippen molar-refractivity contribution in [2.45, 2.75) is 46.5 Å². The van der Waals surface area contributed by atoms with Crippen molar-refractivity contribution in [2.24, 2.45) is 5.92 Å². The second-order valence-electron chi connectivity index (χ2n) is 5.04. The zero-order valence-electron chi connectivity index (χ0n) is 12.3. The molecule has 0 aliphatic rings. The molecule has 0 radical (unpaired) electrons. The molecule has 0 heterocycles. The van der Waals surface area contributed by atoms with Crippen LogP contribution in [0.4, 0.5) is 0 Å². The van der Waals surface area contributed by atoms with E-state index in [0.717, 1.165) is 30.9 Å². The number of ether oxygens (including phenoxy) is 2. The molecule has 1 unspecified atom stereocenters. The maximum Gasteiger partial charge on any atom is 0.161 e. The molecule has 0 saturated carbocycles. The number of rotatable bonds is 7. The first-order valence-electron chi connectivity index (χ1n) is 6.93. The molecule has 1 aromatic carbocycles. The van der Waals surface area contributed by atoms with E-state index >= 15 is 0 Å². The fraction of sp³-hybridized carbons (Fsp3) is 0.625. The second-order valence-corrected chi connectivity index (χ2v) is 5.04. The van der Waals surface area contributed by atoms with Crippen LogP contribution in [-0.2, 0) is 0 Å². The van der Waals surface area contributed by atoms with E-state index in [1.165, 1.54) is 5.56 Å². The molecule has 0 N–H and O–H groups in total. The number of methoxy groups -OCH3 is 1. The van der Waals surface area contributed by atoms with E-state index in [1.54, 1.807) is 7.11 Å². The predicted molar refractivity (Wildman–Crippen MR) is 76.7 cm³/mol. The molecule has 0 aliphatic carbocycles. The molecule has 0 saturated heterocycles. The van der Waals surface area contributed by atoms with Gasteiger partial charge in [0.2, 0.25) is 0 Å². The van der Waals surface area contributed by atoms with Crippen LogP contribution in [0.1, 0.15) is 52.0 Å². The van der Waals surface area contributed by atoms with Crippen LogP contribution in [0.3, 0.4) is 0 Å². The number of hydrogen-bond donors (Lipinski definition) is 0. The SMILES string of the molecule is CCC(C)c1ccc(OC[C@H](C)CC)c(OC)c1. The monoisotopic (exact) mass is 250 g/mol. The Bertz CT molecular complexity index is 360. The van der Waals surface area contributed by atoms with E-state index in [2.05, 4.69) is 39.8 Å². The minimum Gasteiger partial charge on any atom is -0.493 e. The zero-order chi connectivity index (χ0) is 13.5. The molecular weight excluding hydrogens is 224 g/mol. The van der Waals surface area contributed by atoms with E-state index in [9.17, 15) is 0 Å². The van der Waals surface area contributed by atoms with Crippen LogP contribution in [0.15, 0.2) is 18.2 Å². The molecule has 2 nitrogen and oxygen atoms in total. The standard InChI is InChI=1S/C16H26O2/c1-6-12(3)11-18-15-9-8-14(13(4)7-2)10-16(15)17-5/h8-10,12-13H,6-7,11H2,1-5H3/t12-,13?/m1/s1. The third-order valence-electron chi connectivity index (χ3n) is 3.59. The fourth-order valence-electron chi connectivity index (χ4n) is 1.70. The summed E-state index contributed by atoms with van der Waals surface area (Å²) in [6.45, 7) is 9.55. The van der Waals surface area contributed by atoms with Crippen molar-refractivity contribution in [3.8, 4) is 11.5 Å². The maximum absolute atomic E-state index is 5.82. The van der Waals surface area contributed by atoms with Crippen LogP contribution in [0.25, 0.3) is 0 Å². The summed E-state index contributed by atoms with van der Waals surface area (Å²) in [6.07, 6.45) is 2.27. The predicted octanol–water partition coefficient (Wildman–Crippen LogP) is 4.63. The van der Waals surface area contributed by atoms with Crippen molar-refractivity contribution in [1.29, 1.82) is 0 Å². The van der Waals surface area contributed by atoms with Gasteiger partial charge in [0.25, 0.3) is 0 Å². The van der Waals surface area contributed by atoms with Crippen molar-refractivity contribution in [3.05, 3.63) is 23.8 Å². The molecule has 102 valence electrons. The van der Waals surface area contributed by atoms with Gasteiger partial charge in [0.15, 0.2) is 11.5 Å². The summed E-state index contributed by atoms with van der Waals surface area (Å²) in [5.41, 5.74) is 1.31. The third-order valence-corrected chi connectivity index (χ3v) is 3.59. The quantitative estimate of drug-likeness (QED) is 0.702. The minimum atomic E-state index is 0.558. The van der Waals surface area contributed by atoms with Crippen LogP contribution in [0.2, 0.25) is 0 Å². The van der Waals surface area contributed by atoms with Crippen molar-refractivity contribution in [1.82, 2.24) is 0 Å². The van der Waals surface area contributed by atoms with Crippen LogP contribution < -0.4 is 9.47 Å². The second kappa shape index (κ2) is 7.30. The first-order valence-corrected chi connectivity index (χ1v) is 6.93. The Labute approximate surface area is 111 Å². The first kappa shape index (κ1) is 14.9. The van der Waals surface area contributed by atoms with E-state index in [-0.39, 0.29) is 0 Å². The van der Waals surface area contributed by atoms with Crippen LogP contribution in [0.5, 0.6) is 11.5 Å². The minimum absolute atomic E-state index is 0.558. The first-order chi connectivity index (χ1) is 8.62. The Hall–Kier alpha value is -1.18.